The molecule has 0 saturated heterocycles. The third kappa shape index (κ3) is 6.47. The zero-order valence-corrected chi connectivity index (χ0v) is 22.1. The molecule has 0 radical (unpaired) electrons. The van der Waals surface area contributed by atoms with Gasteiger partial charge in [0.1, 0.15) is 5.00 Å². The molecular formula is C28H38N4O2S. The summed E-state index contributed by atoms with van der Waals surface area (Å²) in [7, 11) is 1.79. The molecule has 1 aliphatic rings. The van der Waals surface area contributed by atoms with Crippen LogP contribution in [-0.4, -0.2) is 61.0 Å². The van der Waals surface area contributed by atoms with Gasteiger partial charge < -0.3 is 20.4 Å². The summed E-state index contributed by atoms with van der Waals surface area (Å²) >= 11 is 1.68. The minimum atomic E-state index is 0.0148. The van der Waals surface area contributed by atoms with Crippen LogP contribution < -0.4 is 5.32 Å². The maximum atomic E-state index is 13.8. The van der Waals surface area contributed by atoms with Crippen molar-refractivity contribution in [1.29, 1.82) is 0 Å². The molecule has 0 atom stereocenters. The van der Waals surface area contributed by atoms with Crippen molar-refractivity contribution in [2.45, 2.75) is 52.4 Å². The summed E-state index contributed by atoms with van der Waals surface area (Å²) in [4.78, 5) is 21.5. The zero-order chi connectivity index (χ0) is 25.2. The van der Waals surface area contributed by atoms with Crippen LogP contribution in [-0.2, 0) is 12.8 Å². The number of oxime groups is 1. The first-order valence-corrected chi connectivity index (χ1v) is 13.4. The number of carbonyl (C=O) groups is 1. The number of nitrogens with zero attached hydrogens (tertiary/aromatic N) is 3. The van der Waals surface area contributed by atoms with Crippen molar-refractivity contribution < 1.29 is 10.0 Å². The maximum absolute atomic E-state index is 13.8. The van der Waals surface area contributed by atoms with Gasteiger partial charge in [0.05, 0.1) is 11.3 Å². The second kappa shape index (κ2) is 13.4. The molecule has 1 aromatic carbocycles. The summed E-state index contributed by atoms with van der Waals surface area (Å²) in [5, 5.41) is 17.2. The van der Waals surface area contributed by atoms with Gasteiger partial charge in [0.15, 0.2) is 5.78 Å². The van der Waals surface area contributed by atoms with E-state index in [9.17, 15) is 10.0 Å². The summed E-state index contributed by atoms with van der Waals surface area (Å²) in [6, 6.07) is 5.72. The van der Waals surface area contributed by atoms with E-state index >= 15 is 0 Å². The molecule has 1 aliphatic carbocycles. The number of benzene rings is 1. The Hall–Kier alpha value is -2.77. The fourth-order valence-electron chi connectivity index (χ4n) is 4.63. The zero-order valence-electron chi connectivity index (χ0n) is 21.3. The molecule has 0 unspecified atom stereocenters. The van der Waals surface area contributed by atoms with E-state index in [4.69, 9.17) is 0 Å². The molecule has 0 fully saturated rings. The molecule has 2 aromatic rings. The average molecular weight is 495 g/mol. The van der Waals surface area contributed by atoms with Gasteiger partial charge in [-0.3, -0.25) is 4.79 Å². The van der Waals surface area contributed by atoms with Gasteiger partial charge in [0.25, 0.3) is 0 Å². The smallest absolute Gasteiger partial charge is 0.196 e. The first-order chi connectivity index (χ1) is 17.1. The predicted molar refractivity (Wildman–Crippen MR) is 149 cm³/mol. The quantitative estimate of drug-likeness (QED) is 0.112. The molecule has 1 aromatic heterocycles. The van der Waals surface area contributed by atoms with E-state index in [1.165, 1.54) is 4.88 Å². The molecular weight excluding hydrogens is 456 g/mol. The highest BCUT2D eigenvalue weighted by Gasteiger charge is 2.25. The molecule has 0 bridgehead atoms. The summed E-state index contributed by atoms with van der Waals surface area (Å²) in [6.45, 7) is 12.4. The van der Waals surface area contributed by atoms with Crippen LogP contribution in [0, 0.1) is 0 Å². The molecule has 188 valence electrons. The Labute approximate surface area is 213 Å². The van der Waals surface area contributed by atoms with Crippen LogP contribution in [0.2, 0.25) is 0 Å². The largest absolute Gasteiger partial charge is 0.411 e. The van der Waals surface area contributed by atoms with E-state index in [1.807, 2.05) is 30.5 Å². The number of aliphatic imine (C=N–C) groups is 1. The third-order valence-electron chi connectivity index (χ3n) is 6.63. The number of fused-ring (bicyclic) bond motifs is 1. The molecule has 1 heterocycles. The Morgan fingerprint density at radius 2 is 2.06 bits per heavy atom. The lowest BCUT2D eigenvalue weighted by Crippen LogP contribution is -2.25. The van der Waals surface area contributed by atoms with Crippen LogP contribution in [0.1, 0.15) is 77.0 Å². The predicted octanol–water partition coefficient (Wildman–Crippen LogP) is 5.91. The highest BCUT2D eigenvalue weighted by molar-refractivity contribution is 7.16. The van der Waals surface area contributed by atoms with Crippen molar-refractivity contribution in [2.75, 3.05) is 38.5 Å². The number of ketones is 1. The Morgan fingerprint density at radius 3 is 2.74 bits per heavy atom. The molecule has 35 heavy (non-hydrogen) atoms. The summed E-state index contributed by atoms with van der Waals surface area (Å²) in [6.07, 6.45) is 9.06. The Kier molecular flexibility index (Phi) is 10.2. The molecule has 6 nitrogen and oxygen atoms in total. The van der Waals surface area contributed by atoms with E-state index in [1.54, 1.807) is 18.4 Å². The molecule has 7 heteroatoms. The van der Waals surface area contributed by atoms with Gasteiger partial charge in [-0.1, -0.05) is 43.8 Å². The second-order valence-electron chi connectivity index (χ2n) is 8.74. The van der Waals surface area contributed by atoms with Gasteiger partial charge in [-0.2, -0.15) is 0 Å². The van der Waals surface area contributed by atoms with Crippen molar-refractivity contribution in [2.24, 2.45) is 10.1 Å². The summed E-state index contributed by atoms with van der Waals surface area (Å²) in [5.41, 5.74) is 5.02. The molecule has 3 rings (SSSR count). The van der Waals surface area contributed by atoms with Crippen LogP contribution in [0.4, 0.5) is 5.00 Å². The molecule has 0 aliphatic heterocycles. The lowest BCUT2D eigenvalue weighted by atomic mass is 9.96. The second-order valence-corrected chi connectivity index (χ2v) is 9.84. The van der Waals surface area contributed by atoms with Gasteiger partial charge in [-0.25, -0.2) is 0 Å². The fourth-order valence-corrected chi connectivity index (χ4v) is 5.90. The number of unbranched alkanes of at least 4 members (excludes halogenated alkanes) is 1. The molecule has 0 saturated carbocycles. The normalized spacial score (nSPS) is 14.2. The average Bonchev–Trinajstić information content (AvgIpc) is 3.46. The Balaban J connectivity index is 1.88. The number of nitrogens with one attached hydrogen (secondary N) is 1. The van der Waals surface area contributed by atoms with E-state index in [0.717, 1.165) is 85.5 Å². The topological polar surface area (TPSA) is 77.3 Å². The Bertz CT molecular complexity index is 1080. The first-order valence-electron chi connectivity index (χ1n) is 12.6. The van der Waals surface area contributed by atoms with Gasteiger partial charge in [0, 0.05) is 35.2 Å². The number of hydrogen-bond donors (Lipinski definition) is 2. The van der Waals surface area contributed by atoms with Crippen molar-refractivity contribution in [3.05, 3.63) is 57.5 Å². The molecule has 2 N–H and O–H groups in total. The SMILES string of the molecule is C=Cc1c(CCCC=NC)sc(NCCCN(CC)CC)c1C(=O)c1ccc2c(c1)CC/C2=N\O. The number of rotatable bonds is 14. The number of carbonyl (C=O) groups excluding carboxylic acids is 1. The van der Waals surface area contributed by atoms with E-state index < -0.39 is 0 Å². The van der Waals surface area contributed by atoms with E-state index in [2.05, 4.69) is 40.8 Å². The van der Waals surface area contributed by atoms with Gasteiger partial charge >= 0.3 is 0 Å². The number of hydrogen-bond acceptors (Lipinski definition) is 7. The van der Waals surface area contributed by atoms with E-state index in [0.29, 0.717) is 17.7 Å². The fraction of sp³-hybridized carbons (Fsp3) is 0.464. The minimum absolute atomic E-state index is 0.0148. The molecule has 0 spiro atoms. The standard InChI is InChI=1S/C28H38N4O2S/c1-5-22-25(11-8-9-16-29-4)35-28(30-17-10-18-32(6-2)7-3)26(22)27(33)21-12-14-23-20(19-21)13-15-24(23)31-34/h5,12,14,16,19,30,34H,1,6-11,13,15,17-18H2,2-4H3/b29-16?,31-24+. The highest BCUT2D eigenvalue weighted by atomic mass is 32.1. The summed E-state index contributed by atoms with van der Waals surface area (Å²) < 4.78 is 0. The third-order valence-corrected chi connectivity index (χ3v) is 7.86. The molecule has 0 amide bonds. The van der Waals surface area contributed by atoms with Crippen molar-refractivity contribution >= 4 is 40.1 Å². The maximum Gasteiger partial charge on any atom is 0.196 e. The van der Waals surface area contributed by atoms with Crippen LogP contribution in [0.5, 0.6) is 0 Å². The van der Waals surface area contributed by atoms with E-state index in [-0.39, 0.29) is 5.78 Å². The van der Waals surface area contributed by atoms with Crippen LogP contribution in [0.15, 0.2) is 34.9 Å². The van der Waals surface area contributed by atoms with Crippen molar-refractivity contribution in [3.63, 3.8) is 0 Å². The lowest BCUT2D eigenvalue weighted by Gasteiger charge is -2.18. The first kappa shape index (κ1) is 26.8. The summed E-state index contributed by atoms with van der Waals surface area (Å²) in [5.74, 6) is 0.0148. The minimum Gasteiger partial charge on any atom is -0.411 e. The van der Waals surface area contributed by atoms with Crippen molar-refractivity contribution in [1.82, 2.24) is 4.90 Å². The highest BCUT2D eigenvalue weighted by Crippen LogP contribution is 2.37. The van der Waals surface area contributed by atoms with Gasteiger partial charge in [-0.15, -0.1) is 11.3 Å². The van der Waals surface area contributed by atoms with Crippen LogP contribution >= 0.6 is 11.3 Å². The number of aryl methyl sites for hydroxylation is 2. The Morgan fingerprint density at radius 1 is 1.26 bits per heavy atom. The van der Waals surface area contributed by atoms with Crippen LogP contribution in [0.3, 0.4) is 0 Å². The monoisotopic (exact) mass is 494 g/mol. The van der Waals surface area contributed by atoms with Gasteiger partial charge in [-0.05, 0) is 76.0 Å². The van der Waals surface area contributed by atoms with Crippen molar-refractivity contribution in [3.8, 4) is 0 Å². The van der Waals surface area contributed by atoms with Gasteiger partial charge in [0.2, 0.25) is 0 Å². The lowest BCUT2D eigenvalue weighted by molar-refractivity contribution is 0.103. The number of thiophene rings is 1. The number of anilines is 1. The van der Waals surface area contributed by atoms with Crippen LogP contribution in [0.25, 0.3) is 6.08 Å².